The van der Waals surface area contributed by atoms with E-state index in [1.54, 1.807) is 6.20 Å². The van der Waals surface area contributed by atoms with Crippen LogP contribution < -0.4 is 0 Å². The molecule has 0 unspecified atom stereocenters. The van der Waals surface area contributed by atoms with Crippen molar-refractivity contribution in [1.29, 1.82) is 0 Å². The van der Waals surface area contributed by atoms with Gasteiger partial charge in [0.05, 0.1) is 0 Å². The molecule has 3 aromatic rings. The zero-order chi connectivity index (χ0) is 11.5. The van der Waals surface area contributed by atoms with Crippen molar-refractivity contribution in [3.05, 3.63) is 67.0 Å². The van der Waals surface area contributed by atoms with Gasteiger partial charge in [0.1, 0.15) is 5.82 Å². The molecule has 0 saturated heterocycles. The van der Waals surface area contributed by atoms with E-state index in [2.05, 4.69) is 34.2 Å². The molecule has 0 aliphatic heterocycles. The highest BCUT2D eigenvalue weighted by Crippen LogP contribution is 2.28. The van der Waals surface area contributed by atoms with E-state index in [1.165, 1.54) is 0 Å². The van der Waals surface area contributed by atoms with Gasteiger partial charge in [0.2, 0.25) is 0 Å². The highest BCUT2D eigenvalue weighted by atomic mass is 14.9. The third-order valence-electron chi connectivity index (χ3n) is 2.67. The van der Waals surface area contributed by atoms with E-state index in [0.29, 0.717) is 0 Å². The molecule has 0 aliphatic carbocycles. The maximum atomic E-state index is 4.30. The largest absolute Gasteiger partial charge is 0.345 e. The van der Waals surface area contributed by atoms with Crippen LogP contribution in [-0.2, 0) is 0 Å². The molecule has 2 heteroatoms. The van der Waals surface area contributed by atoms with Crippen LogP contribution in [0.5, 0.6) is 0 Å². The van der Waals surface area contributed by atoms with Gasteiger partial charge < -0.3 is 4.98 Å². The first kappa shape index (κ1) is 9.85. The molecule has 1 heterocycles. The number of nitrogens with one attached hydrogen (secondary N) is 1. The fourth-order valence-electron chi connectivity index (χ4n) is 1.89. The van der Waals surface area contributed by atoms with Crippen molar-refractivity contribution in [3.63, 3.8) is 0 Å². The van der Waals surface area contributed by atoms with E-state index >= 15 is 0 Å². The van der Waals surface area contributed by atoms with Crippen molar-refractivity contribution in [1.82, 2.24) is 9.97 Å². The average Bonchev–Trinajstić information content (AvgIpc) is 2.94. The fraction of sp³-hybridized carbons (Fsp3) is 0. The second-order valence-electron chi connectivity index (χ2n) is 3.76. The lowest BCUT2D eigenvalue weighted by Crippen LogP contribution is -1.86. The van der Waals surface area contributed by atoms with Crippen LogP contribution in [-0.4, -0.2) is 9.97 Å². The highest BCUT2D eigenvalue weighted by Gasteiger charge is 2.07. The predicted molar refractivity (Wildman–Crippen MR) is 68.3 cm³/mol. The summed E-state index contributed by atoms with van der Waals surface area (Å²) in [5.41, 5.74) is 3.30. The van der Waals surface area contributed by atoms with Crippen LogP contribution in [0.15, 0.2) is 60.9 Å². The van der Waals surface area contributed by atoms with Gasteiger partial charge in [-0.2, -0.15) is 0 Å². The van der Waals surface area contributed by atoms with E-state index in [9.17, 15) is 0 Å². The van der Waals surface area contributed by atoms with Gasteiger partial charge in [-0.1, -0.05) is 48.5 Å². The zero-order valence-corrected chi connectivity index (χ0v) is 9.22. The summed E-state index contributed by atoms with van der Waals surface area (Å²) in [6, 6.07) is 19.5. The molecular formula is C15H11N2. The predicted octanol–water partition coefficient (Wildman–Crippen LogP) is 3.54. The molecule has 0 atom stereocenters. The molecule has 1 radical (unpaired) electrons. The van der Waals surface area contributed by atoms with Crippen LogP contribution >= 0.6 is 0 Å². The number of hydrogen-bond donors (Lipinski definition) is 1. The summed E-state index contributed by atoms with van der Waals surface area (Å²) < 4.78 is 0. The standard InChI is InChI=1S/C15H11N2/c1-2-6-12(7-3-1)13-8-4-5-9-14(13)15-16-10-11-17-15/h1-7,9-11H,(H,16,17). The Hall–Kier alpha value is -2.35. The second kappa shape index (κ2) is 4.26. The van der Waals surface area contributed by atoms with Crippen molar-refractivity contribution in [3.8, 4) is 22.5 Å². The van der Waals surface area contributed by atoms with Crippen LogP contribution in [0.4, 0.5) is 0 Å². The van der Waals surface area contributed by atoms with Gasteiger partial charge in [0, 0.05) is 23.5 Å². The Morgan fingerprint density at radius 1 is 1.00 bits per heavy atom. The fourth-order valence-corrected chi connectivity index (χ4v) is 1.89. The smallest absolute Gasteiger partial charge is 0.137 e. The van der Waals surface area contributed by atoms with Crippen molar-refractivity contribution >= 4 is 0 Å². The number of H-pyrrole nitrogens is 1. The topological polar surface area (TPSA) is 28.7 Å². The maximum Gasteiger partial charge on any atom is 0.137 e. The molecule has 0 bridgehead atoms. The summed E-state index contributed by atoms with van der Waals surface area (Å²) in [5, 5.41) is 0. The third kappa shape index (κ3) is 1.85. The third-order valence-corrected chi connectivity index (χ3v) is 2.67. The van der Waals surface area contributed by atoms with Crippen molar-refractivity contribution in [2.24, 2.45) is 0 Å². The van der Waals surface area contributed by atoms with Crippen LogP contribution in [0.2, 0.25) is 0 Å². The molecule has 3 rings (SSSR count). The van der Waals surface area contributed by atoms with Gasteiger partial charge in [-0.3, -0.25) is 0 Å². The summed E-state index contributed by atoms with van der Waals surface area (Å²) in [4.78, 5) is 7.43. The number of aromatic nitrogens is 2. The molecule has 0 fully saturated rings. The Balaban J connectivity index is 2.18. The minimum atomic E-state index is 0.876. The molecule has 17 heavy (non-hydrogen) atoms. The van der Waals surface area contributed by atoms with Crippen LogP contribution in [0, 0.1) is 6.07 Å². The quantitative estimate of drug-likeness (QED) is 0.701. The van der Waals surface area contributed by atoms with Gasteiger partial charge in [-0.05, 0) is 11.6 Å². The van der Waals surface area contributed by atoms with Gasteiger partial charge in [-0.15, -0.1) is 0 Å². The molecule has 2 nitrogen and oxygen atoms in total. The molecule has 0 saturated carbocycles. The monoisotopic (exact) mass is 219 g/mol. The molecule has 0 amide bonds. The summed E-state index contributed by atoms with van der Waals surface area (Å²) in [6.07, 6.45) is 3.59. The average molecular weight is 219 g/mol. The zero-order valence-electron chi connectivity index (χ0n) is 9.22. The molecule has 0 aliphatic rings. The molecule has 81 valence electrons. The molecular weight excluding hydrogens is 208 g/mol. The minimum Gasteiger partial charge on any atom is -0.345 e. The number of nitrogens with zero attached hydrogens (tertiary/aromatic N) is 1. The number of imidazole rings is 1. The normalized spacial score (nSPS) is 10.4. The lowest BCUT2D eigenvalue weighted by atomic mass is 9.99. The lowest BCUT2D eigenvalue weighted by molar-refractivity contribution is 1.31. The van der Waals surface area contributed by atoms with Gasteiger partial charge in [0.25, 0.3) is 0 Å². The van der Waals surface area contributed by atoms with Crippen LogP contribution in [0.3, 0.4) is 0 Å². The van der Waals surface area contributed by atoms with E-state index in [-0.39, 0.29) is 0 Å². The summed E-state index contributed by atoms with van der Waals surface area (Å²) in [7, 11) is 0. The van der Waals surface area contributed by atoms with E-state index in [4.69, 9.17) is 0 Å². The maximum absolute atomic E-state index is 4.30. The minimum absolute atomic E-state index is 0.876. The van der Waals surface area contributed by atoms with Gasteiger partial charge in [-0.25, -0.2) is 4.98 Å². The first-order chi connectivity index (χ1) is 8.45. The molecule has 1 N–H and O–H groups in total. The SMILES string of the molecule is [c]1cccc(-c2ncc[nH]2)c1-c1ccccc1. The van der Waals surface area contributed by atoms with E-state index in [0.717, 1.165) is 22.5 Å². The highest BCUT2D eigenvalue weighted by molar-refractivity contribution is 5.79. The Labute approximate surface area is 100.0 Å². The second-order valence-corrected chi connectivity index (χ2v) is 3.76. The molecule has 0 spiro atoms. The van der Waals surface area contributed by atoms with Gasteiger partial charge >= 0.3 is 0 Å². The van der Waals surface area contributed by atoms with Crippen molar-refractivity contribution in [2.45, 2.75) is 0 Å². The molecule has 2 aromatic carbocycles. The van der Waals surface area contributed by atoms with Crippen LogP contribution in [0.25, 0.3) is 22.5 Å². The number of benzene rings is 2. The number of rotatable bonds is 2. The van der Waals surface area contributed by atoms with Crippen LogP contribution in [0.1, 0.15) is 0 Å². The molecule has 1 aromatic heterocycles. The Bertz CT molecular complexity index is 598. The summed E-state index contributed by atoms with van der Waals surface area (Å²) in [6.45, 7) is 0. The number of hydrogen-bond acceptors (Lipinski definition) is 1. The lowest BCUT2D eigenvalue weighted by Gasteiger charge is -2.06. The van der Waals surface area contributed by atoms with Crippen molar-refractivity contribution < 1.29 is 0 Å². The Morgan fingerprint density at radius 2 is 1.88 bits per heavy atom. The summed E-state index contributed by atoms with van der Waals surface area (Å²) >= 11 is 0. The number of aromatic amines is 1. The Kier molecular flexibility index (Phi) is 2.47. The van der Waals surface area contributed by atoms with E-state index in [1.807, 2.05) is 36.5 Å². The summed E-state index contributed by atoms with van der Waals surface area (Å²) in [5.74, 6) is 0.876. The van der Waals surface area contributed by atoms with Gasteiger partial charge in [0.15, 0.2) is 0 Å². The Morgan fingerprint density at radius 3 is 2.65 bits per heavy atom. The van der Waals surface area contributed by atoms with Crippen molar-refractivity contribution in [2.75, 3.05) is 0 Å². The van der Waals surface area contributed by atoms with E-state index < -0.39 is 0 Å². The first-order valence-corrected chi connectivity index (χ1v) is 5.51. The first-order valence-electron chi connectivity index (χ1n) is 5.51.